The van der Waals surface area contributed by atoms with Crippen LogP contribution in [0.15, 0.2) is 42.5 Å². The van der Waals surface area contributed by atoms with Crippen molar-refractivity contribution >= 4 is 27.4 Å². The number of fused-ring (bicyclic) bond motifs is 1. The van der Waals surface area contributed by atoms with E-state index in [-0.39, 0.29) is 25.6 Å². The first kappa shape index (κ1) is 18.8. The zero-order valence-corrected chi connectivity index (χ0v) is 15.3. The molecule has 0 aliphatic carbocycles. The van der Waals surface area contributed by atoms with Crippen molar-refractivity contribution in [3.05, 3.63) is 64.3 Å². The van der Waals surface area contributed by atoms with Gasteiger partial charge in [-0.25, -0.2) is 9.18 Å². The Morgan fingerprint density at radius 3 is 2.67 bits per heavy atom. The van der Waals surface area contributed by atoms with Crippen molar-refractivity contribution < 1.29 is 23.4 Å². The summed E-state index contributed by atoms with van der Waals surface area (Å²) in [5.41, 5.74) is 1.03. The summed E-state index contributed by atoms with van der Waals surface area (Å²) < 4.78 is 30.7. The second kappa shape index (κ2) is 8.62. The molecule has 0 bridgehead atoms. The highest BCUT2D eigenvalue weighted by molar-refractivity contribution is 7.21. The second-order valence-electron chi connectivity index (χ2n) is 5.58. The van der Waals surface area contributed by atoms with Gasteiger partial charge in [0.2, 0.25) is 0 Å². The van der Waals surface area contributed by atoms with Crippen LogP contribution in [0.4, 0.5) is 4.39 Å². The number of rotatable bonds is 7. The predicted molar refractivity (Wildman–Crippen MR) is 99.4 cm³/mol. The van der Waals surface area contributed by atoms with Crippen molar-refractivity contribution in [1.29, 1.82) is 5.26 Å². The Balaban J connectivity index is 1.64. The molecule has 0 amide bonds. The molecule has 138 valence electrons. The Morgan fingerprint density at radius 2 is 1.96 bits per heavy atom. The van der Waals surface area contributed by atoms with Crippen LogP contribution < -0.4 is 4.74 Å². The van der Waals surface area contributed by atoms with E-state index < -0.39 is 5.97 Å². The minimum atomic E-state index is -0.536. The van der Waals surface area contributed by atoms with Crippen LogP contribution in [0, 0.1) is 17.1 Å². The first-order valence-corrected chi connectivity index (χ1v) is 8.94. The average Bonchev–Trinajstić information content (AvgIpc) is 3.06. The fourth-order valence-electron chi connectivity index (χ4n) is 2.60. The van der Waals surface area contributed by atoms with Crippen molar-refractivity contribution in [2.45, 2.75) is 6.61 Å². The molecule has 0 saturated heterocycles. The fraction of sp³-hybridized carbons (Fsp3) is 0.200. The van der Waals surface area contributed by atoms with Gasteiger partial charge < -0.3 is 14.2 Å². The van der Waals surface area contributed by atoms with E-state index in [2.05, 4.69) is 0 Å². The molecule has 7 heteroatoms. The zero-order chi connectivity index (χ0) is 19.2. The lowest BCUT2D eigenvalue weighted by Crippen LogP contribution is -2.13. The van der Waals surface area contributed by atoms with Crippen LogP contribution in [0.1, 0.15) is 20.8 Å². The van der Waals surface area contributed by atoms with Crippen LogP contribution in [0.25, 0.3) is 10.1 Å². The molecule has 2 aromatic carbocycles. The highest BCUT2D eigenvalue weighted by Crippen LogP contribution is 2.34. The number of carbonyl (C=O) groups is 1. The number of thiophene rings is 1. The maximum absolute atomic E-state index is 14.2. The van der Waals surface area contributed by atoms with E-state index in [4.69, 9.17) is 19.5 Å². The van der Waals surface area contributed by atoms with Crippen LogP contribution in [0.3, 0.4) is 0 Å². The van der Waals surface area contributed by atoms with Gasteiger partial charge in [0.1, 0.15) is 29.7 Å². The molecule has 0 aliphatic rings. The number of ether oxygens (including phenoxy) is 3. The summed E-state index contributed by atoms with van der Waals surface area (Å²) in [5.74, 6) is -0.348. The Labute approximate surface area is 159 Å². The fourth-order valence-corrected chi connectivity index (χ4v) is 3.72. The quantitative estimate of drug-likeness (QED) is 0.448. The number of benzene rings is 2. The van der Waals surface area contributed by atoms with E-state index in [1.54, 1.807) is 36.4 Å². The SMILES string of the molecule is COCc1c(C(=O)OCCOc2ccc(C#N)cc2)sc2cccc(F)c12. The lowest BCUT2D eigenvalue weighted by Gasteiger charge is -2.08. The molecular formula is C20H16FNO4S. The molecule has 3 aromatic rings. The smallest absolute Gasteiger partial charge is 0.348 e. The standard InChI is InChI=1S/C20H16FNO4S/c1-24-12-15-18-16(21)3-2-4-17(18)27-19(15)20(23)26-10-9-25-14-7-5-13(11-22)6-8-14/h2-8H,9-10,12H2,1H3. The maximum atomic E-state index is 14.2. The Bertz CT molecular complexity index is 992. The lowest BCUT2D eigenvalue weighted by atomic mass is 10.1. The van der Waals surface area contributed by atoms with Gasteiger partial charge in [0.15, 0.2) is 0 Å². The minimum absolute atomic E-state index is 0.0436. The van der Waals surface area contributed by atoms with Gasteiger partial charge in [0.05, 0.1) is 18.2 Å². The number of nitriles is 1. The first-order chi connectivity index (χ1) is 13.1. The molecule has 0 aliphatic heterocycles. The topological polar surface area (TPSA) is 68.6 Å². The summed E-state index contributed by atoms with van der Waals surface area (Å²) in [5, 5.41) is 9.16. The third-order valence-corrected chi connectivity index (χ3v) is 4.98. The summed E-state index contributed by atoms with van der Waals surface area (Å²) >= 11 is 1.18. The van der Waals surface area contributed by atoms with Crippen molar-refractivity contribution in [2.24, 2.45) is 0 Å². The number of methoxy groups -OCH3 is 1. The van der Waals surface area contributed by atoms with E-state index in [0.29, 0.717) is 31.8 Å². The van der Waals surface area contributed by atoms with Gasteiger partial charge >= 0.3 is 5.97 Å². The van der Waals surface area contributed by atoms with Crippen LogP contribution in [-0.4, -0.2) is 26.3 Å². The normalized spacial score (nSPS) is 10.6. The summed E-state index contributed by atoms with van der Waals surface area (Å²) in [6, 6.07) is 13.4. The molecule has 0 fully saturated rings. The zero-order valence-electron chi connectivity index (χ0n) is 14.5. The van der Waals surface area contributed by atoms with E-state index in [9.17, 15) is 9.18 Å². The van der Waals surface area contributed by atoms with Gasteiger partial charge in [-0.05, 0) is 36.4 Å². The highest BCUT2D eigenvalue weighted by Gasteiger charge is 2.21. The molecule has 5 nitrogen and oxygen atoms in total. The molecule has 1 heterocycles. The molecule has 27 heavy (non-hydrogen) atoms. The van der Waals surface area contributed by atoms with Gasteiger partial charge in [0.25, 0.3) is 0 Å². The molecule has 1 aromatic heterocycles. The third kappa shape index (κ3) is 4.25. The van der Waals surface area contributed by atoms with E-state index in [0.717, 1.165) is 0 Å². The van der Waals surface area contributed by atoms with Crippen LogP contribution >= 0.6 is 11.3 Å². The molecule has 0 unspecified atom stereocenters. The molecule has 0 saturated carbocycles. The van der Waals surface area contributed by atoms with Crippen LogP contribution in [0.2, 0.25) is 0 Å². The highest BCUT2D eigenvalue weighted by atomic mass is 32.1. The number of halogens is 1. The summed E-state index contributed by atoms with van der Waals surface area (Å²) in [7, 11) is 1.49. The molecule has 0 atom stereocenters. The second-order valence-corrected chi connectivity index (χ2v) is 6.63. The lowest BCUT2D eigenvalue weighted by molar-refractivity contribution is 0.0452. The Hall–Kier alpha value is -2.95. The summed E-state index contributed by atoms with van der Waals surface area (Å²) in [6.07, 6.45) is 0. The molecule has 0 radical (unpaired) electrons. The van der Waals surface area contributed by atoms with Gasteiger partial charge in [-0.1, -0.05) is 6.07 Å². The van der Waals surface area contributed by atoms with E-state index in [1.165, 1.54) is 24.5 Å². The van der Waals surface area contributed by atoms with Crippen LogP contribution in [0.5, 0.6) is 5.75 Å². The first-order valence-electron chi connectivity index (χ1n) is 8.13. The summed E-state index contributed by atoms with van der Waals surface area (Å²) in [6.45, 7) is 0.325. The average molecular weight is 385 g/mol. The monoisotopic (exact) mass is 385 g/mol. The molecule has 3 rings (SSSR count). The van der Waals surface area contributed by atoms with Gasteiger partial charge in [0, 0.05) is 22.8 Å². The molecular weight excluding hydrogens is 369 g/mol. The number of carbonyl (C=O) groups excluding carboxylic acids is 1. The Morgan fingerprint density at radius 1 is 1.19 bits per heavy atom. The van der Waals surface area contributed by atoms with Gasteiger partial charge in [-0.2, -0.15) is 5.26 Å². The van der Waals surface area contributed by atoms with Crippen molar-refractivity contribution in [2.75, 3.05) is 20.3 Å². The molecule has 0 spiro atoms. The minimum Gasteiger partial charge on any atom is -0.490 e. The van der Waals surface area contributed by atoms with Crippen molar-refractivity contribution in [1.82, 2.24) is 0 Å². The third-order valence-electron chi connectivity index (χ3n) is 3.81. The predicted octanol–water partition coefficient (Wildman–Crippen LogP) is 4.29. The van der Waals surface area contributed by atoms with Gasteiger partial charge in [-0.3, -0.25) is 0 Å². The Kier molecular flexibility index (Phi) is 6.01. The number of nitrogens with zero attached hydrogens (tertiary/aromatic N) is 1. The van der Waals surface area contributed by atoms with E-state index in [1.807, 2.05) is 6.07 Å². The molecule has 0 N–H and O–H groups in total. The van der Waals surface area contributed by atoms with Crippen LogP contribution in [-0.2, 0) is 16.1 Å². The number of hydrogen-bond donors (Lipinski definition) is 0. The largest absolute Gasteiger partial charge is 0.490 e. The van der Waals surface area contributed by atoms with E-state index >= 15 is 0 Å². The maximum Gasteiger partial charge on any atom is 0.348 e. The summed E-state index contributed by atoms with van der Waals surface area (Å²) in [4.78, 5) is 12.8. The van der Waals surface area contributed by atoms with Crippen molar-refractivity contribution in [3.8, 4) is 11.8 Å². The van der Waals surface area contributed by atoms with Gasteiger partial charge in [-0.15, -0.1) is 11.3 Å². The number of hydrogen-bond acceptors (Lipinski definition) is 6. The van der Waals surface area contributed by atoms with Crippen molar-refractivity contribution in [3.63, 3.8) is 0 Å². The number of esters is 1.